The van der Waals surface area contributed by atoms with Gasteiger partial charge < -0.3 is 10.8 Å². The summed E-state index contributed by atoms with van der Waals surface area (Å²) < 4.78 is 0.814. The van der Waals surface area contributed by atoms with Gasteiger partial charge in [-0.15, -0.1) is 0 Å². The molecule has 0 fully saturated rings. The molecule has 116 valence electrons. The molecule has 23 heavy (non-hydrogen) atoms. The molecule has 0 bridgehead atoms. The molecule has 0 aliphatic carbocycles. The van der Waals surface area contributed by atoms with Gasteiger partial charge in [-0.2, -0.15) is 0 Å². The predicted molar refractivity (Wildman–Crippen MR) is 96.1 cm³/mol. The first kappa shape index (κ1) is 15.5. The third-order valence-electron chi connectivity index (χ3n) is 3.61. The van der Waals surface area contributed by atoms with Crippen molar-refractivity contribution < 1.29 is 5.11 Å². The first-order valence-electron chi connectivity index (χ1n) is 7.31. The lowest BCUT2D eigenvalue weighted by atomic mass is 9.96. The average molecular weight is 370 g/mol. The average Bonchev–Trinajstić information content (AvgIpc) is 2.55. The largest absolute Gasteiger partial charge is 0.507 e. The second kappa shape index (κ2) is 6.38. The van der Waals surface area contributed by atoms with Gasteiger partial charge in [-0.25, -0.2) is 9.97 Å². The van der Waals surface area contributed by atoms with E-state index in [1.54, 1.807) is 6.07 Å². The van der Waals surface area contributed by atoms with Crippen molar-refractivity contribution in [1.82, 2.24) is 9.97 Å². The van der Waals surface area contributed by atoms with E-state index in [4.69, 9.17) is 5.73 Å². The highest BCUT2D eigenvalue weighted by Crippen LogP contribution is 2.39. The van der Waals surface area contributed by atoms with Crippen LogP contribution in [0.5, 0.6) is 5.75 Å². The maximum Gasteiger partial charge on any atom is 0.220 e. The number of aromatic hydroxyl groups is 1. The zero-order chi connectivity index (χ0) is 16.4. The zero-order valence-electron chi connectivity index (χ0n) is 12.6. The summed E-state index contributed by atoms with van der Waals surface area (Å²) in [5.74, 6) is 0.417. The fourth-order valence-corrected chi connectivity index (χ4v) is 2.94. The highest BCUT2D eigenvalue weighted by Gasteiger charge is 2.18. The Morgan fingerprint density at radius 3 is 2.48 bits per heavy atom. The maximum absolute atomic E-state index is 10.4. The van der Waals surface area contributed by atoms with Crippen LogP contribution in [0.15, 0.2) is 53.0 Å². The molecule has 0 unspecified atom stereocenters. The molecule has 0 saturated heterocycles. The Hall–Kier alpha value is -2.40. The third kappa shape index (κ3) is 3.05. The summed E-state index contributed by atoms with van der Waals surface area (Å²) in [7, 11) is 0. The second-order valence-corrected chi connectivity index (χ2v) is 6.05. The number of phenols is 1. The molecular formula is C18H16BrN3O. The topological polar surface area (TPSA) is 72.0 Å². The molecule has 0 atom stereocenters. The number of rotatable bonds is 3. The Labute approximate surface area is 143 Å². The van der Waals surface area contributed by atoms with E-state index < -0.39 is 0 Å². The quantitative estimate of drug-likeness (QED) is 0.716. The number of benzene rings is 2. The second-order valence-electron chi connectivity index (χ2n) is 5.13. The maximum atomic E-state index is 10.4. The molecule has 3 aromatic rings. The van der Waals surface area contributed by atoms with Gasteiger partial charge in [0.2, 0.25) is 5.95 Å². The Bertz CT molecular complexity index is 850. The van der Waals surface area contributed by atoms with Gasteiger partial charge in [0.25, 0.3) is 0 Å². The van der Waals surface area contributed by atoms with Crippen molar-refractivity contribution in [2.75, 3.05) is 5.73 Å². The summed E-state index contributed by atoms with van der Waals surface area (Å²) in [5.41, 5.74) is 9.89. The van der Waals surface area contributed by atoms with Crippen molar-refractivity contribution in [2.24, 2.45) is 0 Å². The van der Waals surface area contributed by atoms with Crippen LogP contribution in [0.1, 0.15) is 12.6 Å². The van der Waals surface area contributed by atoms with E-state index in [2.05, 4.69) is 25.9 Å². The highest BCUT2D eigenvalue weighted by atomic mass is 79.9. The highest BCUT2D eigenvalue weighted by molar-refractivity contribution is 9.10. The van der Waals surface area contributed by atoms with E-state index >= 15 is 0 Å². The van der Waals surface area contributed by atoms with Crippen molar-refractivity contribution in [3.8, 4) is 28.1 Å². The number of phenolic OH excluding ortho intramolecular Hbond substituents is 1. The summed E-state index contributed by atoms with van der Waals surface area (Å²) in [6.07, 6.45) is 0.692. The van der Waals surface area contributed by atoms with E-state index in [-0.39, 0.29) is 11.7 Å². The molecule has 0 saturated carbocycles. The summed E-state index contributed by atoms with van der Waals surface area (Å²) in [5, 5.41) is 10.4. The van der Waals surface area contributed by atoms with E-state index in [0.29, 0.717) is 12.0 Å². The number of nitrogens with zero attached hydrogens (tertiary/aromatic N) is 2. The first-order valence-corrected chi connectivity index (χ1v) is 8.10. The lowest BCUT2D eigenvalue weighted by molar-refractivity contribution is 0.477. The molecule has 1 aromatic heterocycles. The van der Waals surface area contributed by atoms with Gasteiger partial charge in [0.1, 0.15) is 5.75 Å². The van der Waals surface area contributed by atoms with Gasteiger partial charge in [-0.05, 0) is 24.6 Å². The Morgan fingerprint density at radius 1 is 1.09 bits per heavy atom. The van der Waals surface area contributed by atoms with Crippen LogP contribution in [-0.4, -0.2) is 15.1 Å². The Balaban J connectivity index is 2.34. The van der Waals surface area contributed by atoms with Crippen LogP contribution in [0.25, 0.3) is 22.4 Å². The van der Waals surface area contributed by atoms with E-state index in [1.807, 2.05) is 49.4 Å². The minimum atomic E-state index is 0.180. The molecular weight excluding hydrogens is 354 g/mol. The summed E-state index contributed by atoms with van der Waals surface area (Å²) in [6, 6.07) is 15.2. The molecule has 0 spiro atoms. The van der Waals surface area contributed by atoms with Crippen LogP contribution in [0.2, 0.25) is 0 Å². The van der Waals surface area contributed by atoms with Crippen LogP contribution in [0.3, 0.4) is 0 Å². The van der Waals surface area contributed by atoms with Crippen LogP contribution >= 0.6 is 15.9 Å². The van der Waals surface area contributed by atoms with E-state index in [9.17, 15) is 5.11 Å². The van der Waals surface area contributed by atoms with Crippen molar-refractivity contribution in [2.45, 2.75) is 13.3 Å². The zero-order valence-corrected chi connectivity index (χ0v) is 14.2. The van der Waals surface area contributed by atoms with E-state index in [1.165, 1.54) is 0 Å². The fourth-order valence-electron chi connectivity index (χ4n) is 2.59. The van der Waals surface area contributed by atoms with Gasteiger partial charge in [0, 0.05) is 21.2 Å². The number of nitrogen functional groups attached to an aromatic ring is 1. The summed E-state index contributed by atoms with van der Waals surface area (Å²) >= 11 is 3.37. The van der Waals surface area contributed by atoms with Gasteiger partial charge in [-0.1, -0.05) is 53.2 Å². The monoisotopic (exact) mass is 369 g/mol. The van der Waals surface area contributed by atoms with Gasteiger partial charge >= 0.3 is 0 Å². The number of aryl methyl sites for hydroxylation is 1. The predicted octanol–water partition coefficient (Wildman–Crippen LogP) is 4.42. The number of hydrogen-bond acceptors (Lipinski definition) is 4. The normalized spacial score (nSPS) is 10.7. The first-order chi connectivity index (χ1) is 11.1. The minimum Gasteiger partial charge on any atom is -0.507 e. The van der Waals surface area contributed by atoms with E-state index in [0.717, 1.165) is 27.0 Å². The smallest absolute Gasteiger partial charge is 0.220 e. The SMILES string of the molecule is CCc1nc(N)nc(-c2ccccc2)c1-c1ccc(Br)cc1O. The minimum absolute atomic E-state index is 0.180. The van der Waals surface area contributed by atoms with Crippen LogP contribution in [0.4, 0.5) is 5.95 Å². The third-order valence-corrected chi connectivity index (χ3v) is 4.11. The molecule has 2 aromatic carbocycles. The molecule has 0 amide bonds. The van der Waals surface area contributed by atoms with Gasteiger partial charge in [0.05, 0.1) is 11.4 Å². The number of nitrogens with two attached hydrogens (primary N) is 1. The number of aromatic nitrogens is 2. The molecule has 0 radical (unpaired) electrons. The number of hydrogen-bond donors (Lipinski definition) is 2. The lowest BCUT2D eigenvalue weighted by Crippen LogP contribution is -2.04. The standard InChI is InChI=1S/C18H16BrN3O/c1-2-14-16(13-9-8-12(19)10-15(13)23)17(22-18(20)21-14)11-6-4-3-5-7-11/h3-10,23H,2H2,1H3,(H2,20,21,22). The molecule has 4 nitrogen and oxygen atoms in total. The summed E-state index contributed by atoms with van der Waals surface area (Å²) in [4.78, 5) is 8.80. The lowest BCUT2D eigenvalue weighted by Gasteiger charge is -2.15. The molecule has 0 aliphatic rings. The van der Waals surface area contributed by atoms with Gasteiger partial charge in [0.15, 0.2) is 0 Å². The van der Waals surface area contributed by atoms with Crippen LogP contribution in [-0.2, 0) is 6.42 Å². The molecule has 3 rings (SSSR count). The molecule has 5 heteroatoms. The fraction of sp³-hybridized carbons (Fsp3) is 0.111. The summed E-state index contributed by atoms with van der Waals surface area (Å²) in [6.45, 7) is 2.01. The Kier molecular flexibility index (Phi) is 4.30. The number of anilines is 1. The van der Waals surface area contributed by atoms with Crippen LogP contribution < -0.4 is 5.73 Å². The van der Waals surface area contributed by atoms with Crippen molar-refractivity contribution in [1.29, 1.82) is 0 Å². The molecule has 1 heterocycles. The number of halogens is 1. The Morgan fingerprint density at radius 2 is 1.83 bits per heavy atom. The van der Waals surface area contributed by atoms with Crippen LogP contribution in [0, 0.1) is 0 Å². The van der Waals surface area contributed by atoms with Crippen molar-refractivity contribution in [3.05, 3.63) is 58.7 Å². The molecule has 0 aliphatic heterocycles. The van der Waals surface area contributed by atoms with Crippen molar-refractivity contribution in [3.63, 3.8) is 0 Å². The van der Waals surface area contributed by atoms with Crippen molar-refractivity contribution >= 4 is 21.9 Å². The van der Waals surface area contributed by atoms with Gasteiger partial charge in [-0.3, -0.25) is 0 Å². The molecule has 3 N–H and O–H groups in total.